The molecule has 4 rings (SSSR count). The Hall–Kier alpha value is -4.09. The summed E-state index contributed by atoms with van der Waals surface area (Å²) >= 11 is 0. The highest BCUT2D eigenvalue weighted by Gasteiger charge is 2.36. The third-order valence-electron chi connectivity index (χ3n) is 7.94. The summed E-state index contributed by atoms with van der Waals surface area (Å²) in [5.74, 6) is -0.882. The molecule has 0 aliphatic carbocycles. The lowest BCUT2D eigenvalue weighted by atomic mass is 9.99. The predicted octanol–water partition coefficient (Wildman–Crippen LogP) is 5.15. The van der Waals surface area contributed by atoms with Gasteiger partial charge in [-0.05, 0) is 52.3 Å². The van der Waals surface area contributed by atoms with Crippen molar-refractivity contribution in [1.82, 2.24) is 20.1 Å². The van der Waals surface area contributed by atoms with E-state index in [4.69, 9.17) is 0 Å². The molecule has 0 radical (unpaired) electrons. The number of hydrogen-bond acceptors (Lipinski definition) is 6. The van der Waals surface area contributed by atoms with Crippen LogP contribution < -0.4 is 10.7 Å². The van der Waals surface area contributed by atoms with Crippen LogP contribution in [0.15, 0.2) is 108 Å². The predicted molar refractivity (Wildman–Crippen MR) is 190 cm³/mol. The maximum absolute atomic E-state index is 14.1. The maximum atomic E-state index is 14.1. The molecule has 2 amide bonds. The Morgan fingerprint density at radius 1 is 0.750 bits per heavy atom. The molecule has 0 aromatic heterocycles. The van der Waals surface area contributed by atoms with E-state index in [1.165, 1.54) is 9.31 Å². The molecule has 0 fully saturated rings. The van der Waals surface area contributed by atoms with Gasteiger partial charge in [0.2, 0.25) is 15.9 Å². The minimum Gasteiger partial charge on any atom is -0.390 e. The highest BCUT2D eigenvalue weighted by molar-refractivity contribution is 7.89. The molecule has 0 aliphatic heterocycles. The molecule has 10 heteroatoms. The van der Waals surface area contributed by atoms with Crippen LogP contribution in [-0.4, -0.2) is 66.4 Å². The molecule has 48 heavy (non-hydrogen) atoms. The molecule has 9 nitrogen and oxygen atoms in total. The van der Waals surface area contributed by atoms with E-state index in [2.05, 4.69) is 10.7 Å². The first kappa shape index (κ1) is 36.7. The number of carbonyl (C=O) groups excluding carboxylic acids is 2. The fourth-order valence-corrected chi connectivity index (χ4v) is 7.27. The number of hydrogen-bond donors (Lipinski definition) is 3. The Morgan fingerprint density at radius 3 is 1.98 bits per heavy atom. The Bertz CT molecular complexity index is 1730. The fourth-order valence-electron chi connectivity index (χ4n) is 5.61. The first-order valence-electron chi connectivity index (χ1n) is 16.5. The molecule has 256 valence electrons. The molecule has 0 bridgehead atoms. The van der Waals surface area contributed by atoms with Crippen molar-refractivity contribution in [2.75, 3.05) is 19.6 Å². The van der Waals surface area contributed by atoms with Gasteiger partial charge in [-0.2, -0.15) is 4.31 Å². The number of carbonyl (C=O) groups is 2. The molecule has 0 saturated carbocycles. The third-order valence-corrected chi connectivity index (χ3v) is 9.76. The summed E-state index contributed by atoms with van der Waals surface area (Å²) < 4.78 is 29.6. The second kappa shape index (κ2) is 17.3. The number of hydrazine groups is 1. The van der Waals surface area contributed by atoms with Gasteiger partial charge in [0.15, 0.2) is 0 Å². The lowest BCUT2D eigenvalue weighted by Crippen LogP contribution is -2.60. The number of sulfonamides is 1. The first-order valence-corrected chi connectivity index (χ1v) is 17.9. The van der Waals surface area contributed by atoms with Crippen molar-refractivity contribution >= 4 is 32.6 Å². The van der Waals surface area contributed by atoms with Gasteiger partial charge < -0.3 is 10.4 Å². The number of amides is 2. The third kappa shape index (κ3) is 10.5. The normalized spacial score (nSPS) is 13.2. The summed E-state index contributed by atoms with van der Waals surface area (Å²) in [6, 6.07) is 30.6. The van der Waals surface area contributed by atoms with Crippen LogP contribution in [0.3, 0.4) is 0 Å². The number of aliphatic hydroxyl groups excluding tert-OH is 1. The van der Waals surface area contributed by atoms with E-state index in [-0.39, 0.29) is 55.1 Å². The summed E-state index contributed by atoms with van der Waals surface area (Å²) in [5.41, 5.74) is 4.60. The molecule has 2 atom stereocenters. The summed E-state index contributed by atoms with van der Waals surface area (Å²) in [6.07, 6.45) is -1.02. The van der Waals surface area contributed by atoms with E-state index in [1.54, 1.807) is 18.2 Å². The van der Waals surface area contributed by atoms with Gasteiger partial charge >= 0.3 is 0 Å². The number of aliphatic hydroxyl groups is 1. The molecule has 0 heterocycles. The quantitative estimate of drug-likeness (QED) is 0.142. The zero-order chi connectivity index (χ0) is 34.7. The highest BCUT2D eigenvalue weighted by atomic mass is 32.2. The van der Waals surface area contributed by atoms with Crippen molar-refractivity contribution in [2.24, 2.45) is 11.8 Å². The maximum Gasteiger partial charge on any atom is 0.252 e. The van der Waals surface area contributed by atoms with Crippen LogP contribution in [0, 0.1) is 11.8 Å². The van der Waals surface area contributed by atoms with Gasteiger partial charge in [0, 0.05) is 26.1 Å². The standard InChI is InChI=1S/C38H48N4O5S/c1-28(2)21-38(45)42(40-37(44)25-39-24-31-15-9-6-10-16-31)35(22-30-13-7-5-8-14-30)36(43)27-41(26-29(3)4)48(46,47)34-20-19-32-17-11-12-18-33(32)23-34/h5-20,23,28-29,35-36,39,43H,21-22,24-27H2,1-4H3,(H,40,44)/t35-,36+/m0/s1. The second-order valence-electron chi connectivity index (χ2n) is 13.0. The second-order valence-corrected chi connectivity index (χ2v) is 15.0. The van der Waals surface area contributed by atoms with Crippen molar-refractivity contribution in [1.29, 1.82) is 0 Å². The lowest BCUT2D eigenvalue weighted by molar-refractivity contribution is -0.148. The van der Waals surface area contributed by atoms with E-state index in [0.29, 0.717) is 6.54 Å². The molecule has 0 aliphatic rings. The Labute approximate surface area is 285 Å². The van der Waals surface area contributed by atoms with Crippen LogP contribution >= 0.6 is 0 Å². The zero-order valence-corrected chi connectivity index (χ0v) is 29.1. The fraction of sp³-hybridized carbons (Fsp3) is 0.368. The van der Waals surface area contributed by atoms with Gasteiger partial charge in [-0.15, -0.1) is 0 Å². The number of benzene rings is 4. The van der Waals surface area contributed by atoms with Gasteiger partial charge in [-0.25, -0.2) is 13.4 Å². The Balaban J connectivity index is 1.64. The molecule has 0 saturated heterocycles. The summed E-state index contributed by atoms with van der Waals surface area (Å²) in [4.78, 5) is 27.2. The Morgan fingerprint density at radius 2 is 1.35 bits per heavy atom. The molecule has 0 unspecified atom stereocenters. The van der Waals surface area contributed by atoms with Crippen LogP contribution in [0.25, 0.3) is 10.8 Å². The number of rotatable bonds is 16. The SMILES string of the molecule is CC(C)CC(=O)N(NC(=O)CNCc1ccccc1)[C@@H](Cc1ccccc1)[C@H](O)CN(CC(C)C)S(=O)(=O)c1ccc2ccccc2c1. The average Bonchev–Trinajstić information content (AvgIpc) is 3.06. The van der Waals surface area contributed by atoms with E-state index < -0.39 is 28.1 Å². The highest BCUT2D eigenvalue weighted by Crippen LogP contribution is 2.24. The summed E-state index contributed by atoms with van der Waals surface area (Å²) in [7, 11) is -4.04. The van der Waals surface area contributed by atoms with Crippen molar-refractivity contribution in [2.45, 2.75) is 64.1 Å². The lowest BCUT2D eigenvalue weighted by Gasteiger charge is -2.37. The minimum atomic E-state index is -4.04. The van der Waals surface area contributed by atoms with E-state index in [1.807, 2.05) is 113 Å². The zero-order valence-electron chi connectivity index (χ0n) is 28.2. The largest absolute Gasteiger partial charge is 0.390 e. The topological polar surface area (TPSA) is 119 Å². The monoisotopic (exact) mass is 672 g/mol. The summed E-state index contributed by atoms with van der Waals surface area (Å²) in [6.45, 7) is 7.91. The van der Waals surface area contributed by atoms with E-state index in [0.717, 1.165) is 21.9 Å². The van der Waals surface area contributed by atoms with Crippen LogP contribution in [0.5, 0.6) is 0 Å². The van der Waals surface area contributed by atoms with Gasteiger partial charge in [0.05, 0.1) is 23.6 Å². The van der Waals surface area contributed by atoms with Crippen molar-refractivity contribution in [3.05, 3.63) is 114 Å². The molecule has 0 spiro atoms. The number of nitrogens with zero attached hydrogens (tertiary/aromatic N) is 2. The van der Waals surface area contributed by atoms with Gasteiger partial charge in [0.25, 0.3) is 5.91 Å². The van der Waals surface area contributed by atoms with Gasteiger partial charge in [-0.3, -0.25) is 15.0 Å². The van der Waals surface area contributed by atoms with Crippen molar-refractivity contribution < 1.29 is 23.1 Å². The molecule has 3 N–H and O–H groups in total. The molecular weight excluding hydrogens is 625 g/mol. The molecular formula is C38H48N4O5S. The van der Waals surface area contributed by atoms with Crippen LogP contribution in [0.1, 0.15) is 45.2 Å². The van der Waals surface area contributed by atoms with Gasteiger partial charge in [0.1, 0.15) is 0 Å². The van der Waals surface area contributed by atoms with Crippen LogP contribution in [-0.2, 0) is 32.6 Å². The van der Waals surface area contributed by atoms with Crippen molar-refractivity contribution in [3.8, 4) is 0 Å². The van der Waals surface area contributed by atoms with Crippen LogP contribution in [0.2, 0.25) is 0 Å². The number of nitrogens with one attached hydrogen (secondary N) is 2. The van der Waals surface area contributed by atoms with Gasteiger partial charge in [-0.1, -0.05) is 119 Å². The first-order chi connectivity index (χ1) is 22.9. The van der Waals surface area contributed by atoms with Crippen molar-refractivity contribution in [3.63, 3.8) is 0 Å². The smallest absolute Gasteiger partial charge is 0.252 e. The number of fused-ring (bicyclic) bond motifs is 1. The molecule has 4 aromatic carbocycles. The van der Waals surface area contributed by atoms with E-state index in [9.17, 15) is 23.1 Å². The summed E-state index contributed by atoms with van der Waals surface area (Å²) in [5, 5.41) is 18.0. The van der Waals surface area contributed by atoms with Crippen LogP contribution in [0.4, 0.5) is 0 Å². The Kier molecular flexibility index (Phi) is 13.3. The minimum absolute atomic E-state index is 0.0200. The average molecular weight is 673 g/mol. The molecule has 4 aromatic rings. The van der Waals surface area contributed by atoms with E-state index >= 15 is 0 Å².